The zero-order chi connectivity index (χ0) is 25.0. The molecule has 1 N–H and O–H groups in total. The minimum absolute atomic E-state index is 0.0995. The molecule has 1 atom stereocenters. The molecule has 182 valence electrons. The zero-order valence-corrected chi connectivity index (χ0v) is 20.3. The Morgan fingerprint density at radius 1 is 0.771 bits per heavy atom. The van der Waals surface area contributed by atoms with Gasteiger partial charge < -0.3 is 15.0 Å². The first kappa shape index (κ1) is 25.7. The summed E-state index contributed by atoms with van der Waals surface area (Å²) in [6.45, 7) is 5.34. The summed E-state index contributed by atoms with van der Waals surface area (Å²) in [5.74, 6) is -0.406. The monoisotopic (exact) mass is 472 g/mol. The largest absolute Gasteiger partial charge is 0.423 e. The van der Waals surface area contributed by atoms with Crippen molar-refractivity contribution in [1.29, 1.82) is 0 Å². The van der Waals surface area contributed by atoms with Gasteiger partial charge in [0.15, 0.2) is 0 Å². The van der Waals surface area contributed by atoms with E-state index in [2.05, 4.69) is 5.32 Å². The third-order valence-electron chi connectivity index (χ3n) is 5.52. The van der Waals surface area contributed by atoms with Crippen molar-refractivity contribution >= 4 is 17.8 Å². The second kappa shape index (κ2) is 13.1. The molecule has 0 spiro atoms. The van der Waals surface area contributed by atoms with Crippen molar-refractivity contribution in [1.82, 2.24) is 10.2 Å². The van der Waals surface area contributed by atoms with Gasteiger partial charge in [0.05, 0.1) is 5.56 Å². The summed E-state index contributed by atoms with van der Waals surface area (Å²) in [4.78, 5) is 40.4. The summed E-state index contributed by atoms with van der Waals surface area (Å²) >= 11 is 0. The van der Waals surface area contributed by atoms with E-state index in [9.17, 15) is 14.4 Å². The minimum atomic E-state index is -0.710. The highest BCUT2D eigenvalue weighted by Crippen LogP contribution is 2.17. The van der Waals surface area contributed by atoms with Gasteiger partial charge in [-0.05, 0) is 54.8 Å². The van der Waals surface area contributed by atoms with E-state index >= 15 is 0 Å². The van der Waals surface area contributed by atoms with Gasteiger partial charge in [0, 0.05) is 25.1 Å². The molecule has 3 aromatic carbocycles. The highest BCUT2D eigenvalue weighted by Gasteiger charge is 2.26. The fourth-order valence-corrected chi connectivity index (χ4v) is 3.79. The topological polar surface area (TPSA) is 75.7 Å². The molecule has 0 saturated carbocycles. The highest BCUT2D eigenvalue weighted by atomic mass is 16.5. The molecular weight excluding hydrogens is 440 g/mol. The SMILES string of the molecule is CCCN(CCC)C(=O)C(Cc1ccc(OC(=O)c2ccccc2)cc1)NC(=O)c1ccccc1. The van der Waals surface area contributed by atoms with Crippen molar-refractivity contribution in [2.24, 2.45) is 0 Å². The minimum Gasteiger partial charge on any atom is -0.423 e. The van der Waals surface area contributed by atoms with E-state index in [1.54, 1.807) is 60.7 Å². The van der Waals surface area contributed by atoms with Gasteiger partial charge in [0.1, 0.15) is 11.8 Å². The van der Waals surface area contributed by atoms with E-state index in [1.165, 1.54) is 0 Å². The summed E-state index contributed by atoms with van der Waals surface area (Å²) < 4.78 is 5.45. The fourth-order valence-electron chi connectivity index (χ4n) is 3.79. The van der Waals surface area contributed by atoms with Crippen LogP contribution < -0.4 is 10.1 Å². The van der Waals surface area contributed by atoms with Gasteiger partial charge in [-0.3, -0.25) is 9.59 Å². The maximum absolute atomic E-state index is 13.4. The van der Waals surface area contributed by atoms with Crippen molar-refractivity contribution in [3.63, 3.8) is 0 Å². The van der Waals surface area contributed by atoms with E-state index in [0.29, 0.717) is 36.4 Å². The number of esters is 1. The second-order valence-electron chi connectivity index (χ2n) is 8.32. The lowest BCUT2D eigenvalue weighted by Crippen LogP contribution is -2.50. The van der Waals surface area contributed by atoms with Crippen LogP contribution in [0, 0.1) is 0 Å². The van der Waals surface area contributed by atoms with Crippen molar-refractivity contribution in [2.45, 2.75) is 39.2 Å². The number of benzene rings is 3. The van der Waals surface area contributed by atoms with Crippen LogP contribution in [-0.2, 0) is 11.2 Å². The maximum atomic E-state index is 13.4. The van der Waals surface area contributed by atoms with Crippen LogP contribution in [0.15, 0.2) is 84.9 Å². The molecule has 35 heavy (non-hydrogen) atoms. The van der Waals surface area contributed by atoms with Gasteiger partial charge in [0.25, 0.3) is 5.91 Å². The molecule has 0 aromatic heterocycles. The molecule has 6 nitrogen and oxygen atoms in total. The molecule has 0 bridgehead atoms. The average molecular weight is 473 g/mol. The lowest BCUT2D eigenvalue weighted by atomic mass is 10.0. The van der Waals surface area contributed by atoms with Gasteiger partial charge in [-0.25, -0.2) is 4.79 Å². The molecule has 0 aliphatic rings. The van der Waals surface area contributed by atoms with Gasteiger partial charge in [-0.1, -0.05) is 62.4 Å². The van der Waals surface area contributed by atoms with Gasteiger partial charge >= 0.3 is 5.97 Å². The molecule has 0 aliphatic heterocycles. The number of nitrogens with zero attached hydrogens (tertiary/aromatic N) is 1. The van der Waals surface area contributed by atoms with Crippen LogP contribution in [-0.4, -0.2) is 41.8 Å². The quantitative estimate of drug-likeness (QED) is 0.318. The van der Waals surface area contributed by atoms with Crippen LogP contribution in [0.4, 0.5) is 0 Å². The maximum Gasteiger partial charge on any atom is 0.343 e. The number of hydrogen-bond donors (Lipinski definition) is 1. The van der Waals surface area contributed by atoms with E-state index < -0.39 is 12.0 Å². The summed E-state index contributed by atoms with van der Waals surface area (Å²) in [6, 6.07) is 24.0. The standard InChI is InChI=1S/C29H32N2O4/c1-3-19-31(20-4-2)28(33)26(30-27(32)23-11-7-5-8-12-23)21-22-15-17-25(18-16-22)35-29(34)24-13-9-6-10-14-24/h5-18,26H,3-4,19-21H2,1-2H3,(H,30,32). The Labute approximate surface area is 206 Å². The number of amides is 2. The fraction of sp³-hybridized carbons (Fsp3) is 0.276. The number of carbonyl (C=O) groups excluding carboxylic acids is 3. The molecule has 0 heterocycles. The number of carbonyl (C=O) groups is 3. The molecule has 6 heteroatoms. The van der Waals surface area contributed by atoms with E-state index in [4.69, 9.17) is 4.74 Å². The van der Waals surface area contributed by atoms with Crippen molar-refractivity contribution in [2.75, 3.05) is 13.1 Å². The predicted octanol–water partition coefficient (Wildman–Crippen LogP) is 4.90. The van der Waals surface area contributed by atoms with Crippen molar-refractivity contribution in [3.05, 3.63) is 102 Å². The van der Waals surface area contributed by atoms with E-state index in [-0.39, 0.29) is 11.8 Å². The third-order valence-corrected chi connectivity index (χ3v) is 5.52. The number of hydrogen-bond acceptors (Lipinski definition) is 4. The van der Waals surface area contributed by atoms with Crippen LogP contribution in [0.3, 0.4) is 0 Å². The Bertz CT molecular complexity index is 1090. The van der Waals surface area contributed by atoms with Gasteiger partial charge in [-0.15, -0.1) is 0 Å². The first-order valence-corrected chi connectivity index (χ1v) is 12.0. The van der Waals surface area contributed by atoms with Crippen LogP contribution in [0.1, 0.15) is 53.0 Å². The zero-order valence-electron chi connectivity index (χ0n) is 20.3. The molecule has 0 saturated heterocycles. The lowest BCUT2D eigenvalue weighted by Gasteiger charge is -2.27. The first-order chi connectivity index (χ1) is 17.0. The summed E-state index contributed by atoms with van der Waals surface area (Å²) in [7, 11) is 0. The molecule has 1 unspecified atom stereocenters. The molecule has 0 radical (unpaired) electrons. The normalized spacial score (nSPS) is 11.4. The Kier molecular flexibility index (Phi) is 9.60. The Morgan fingerprint density at radius 2 is 1.31 bits per heavy atom. The third kappa shape index (κ3) is 7.54. The molecule has 3 aromatic rings. The van der Waals surface area contributed by atoms with Crippen molar-refractivity contribution < 1.29 is 19.1 Å². The van der Waals surface area contributed by atoms with Crippen molar-refractivity contribution in [3.8, 4) is 5.75 Å². The summed E-state index contributed by atoms with van der Waals surface area (Å²) in [5, 5.41) is 2.93. The molecule has 0 aliphatic carbocycles. The molecule has 2 amide bonds. The average Bonchev–Trinajstić information content (AvgIpc) is 2.89. The summed E-state index contributed by atoms with van der Waals surface area (Å²) in [5.41, 5.74) is 1.83. The molecule has 3 rings (SSSR count). The lowest BCUT2D eigenvalue weighted by molar-refractivity contribution is -0.133. The van der Waals surface area contributed by atoms with Crippen LogP contribution in [0.25, 0.3) is 0 Å². The Hall–Kier alpha value is -3.93. The smallest absolute Gasteiger partial charge is 0.343 e. The van der Waals surface area contributed by atoms with E-state index in [0.717, 1.165) is 18.4 Å². The van der Waals surface area contributed by atoms with Crippen LogP contribution >= 0.6 is 0 Å². The molecule has 0 fully saturated rings. The number of ether oxygens (including phenoxy) is 1. The van der Waals surface area contributed by atoms with Gasteiger partial charge in [-0.2, -0.15) is 0 Å². The van der Waals surface area contributed by atoms with Gasteiger partial charge in [0.2, 0.25) is 5.91 Å². The first-order valence-electron chi connectivity index (χ1n) is 12.0. The highest BCUT2D eigenvalue weighted by molar-refractivity contribution is 5.97. The summed E-state index contributed by atoms with van der Waals surface area (Å²) in [6.07, 6.45) is 2.01. The Morgan fingerprint density at radius 3 is 1.86 bits per heavy atom. The predicted molar refractivity (Wildman–Crippen MR) is 136 cm³/mol. The number of rotatable bonds is 11. The van der Waals surface area contributed by atoms with Crippen LogP contribution in [0.2, 0.25) is 0 Å². The van der Waals surface area contributed by atoms with E-state index in [1.807, 2.05) is 43.0 Å². The second-order valence-corrected chi connectivity index (χ2v) is 8.32. The molecular formula is C29H32N2O4. The Balaban J connectivity index is 1.74. The van der Waals surface area contributed by atoms with Crippen LogP contribution in [0.5, 0.6) is 5.75 Å². The number of nitrogens with one attached hydrogen (secondary N) is 1.